The zero-order chi connectivity index (χ0) is 14.2. The number of ether oxygens (including phenoxy) is 1. The average Bonchev–Trinajstić information content (AvgIpc) is 2.43. The van der Waals surface area contributed by atoms with Gasteiger partial charge in [-0.3, -0.25) is 0 Å². The summed E-state index contributed by atoms with van der Waals surface area (Å²) in [7, 11) is 1.40. The van der Waals surface area contributed by atoms with E-state index in [0.717, 1.165) is 5.75 Å². The highest BCUT2D eigenvalue weighted by molar-refractivity contribution is 8.02. The molecule has 0 aromatic rings. The first-order chi connectivity index (χ1) is 9.31. The number of thioether (sulfide) groups is 1. The van der Waals surface area contributed by atoms with Gasteiger partial charge in [-0.15, -0.1) is 11.8 Å². The van der Waals surface area contributed by atoms with Gasteiger partial charge in [-0.1, -0.05) is 64.7 Å². The number of rotatable bonds is 13. The Labute approximate surface area is 123 Å². The summed E-state index contributed by atoms with van der Waals surface area (Å²) in [5.41, 5.74) is 0. The standard InChI is InChI=1S/C16H30O2S/c1-3-4-5-6-7-8-9-10-11-12-14-19-15-13-16(17)18-2/h13,15H,3-12,14H2,1-2H3. The van der Waals surface area contributed by atoms with Crippen LogP contribution in [0.15, 0.2) is 11.5 Å². The molecule has 0 aliphatic carbocycles. The second-order valence-electron chi connectivity index (χ2n) is 4.88. The summed E-state index contributed by atoms with van der Waals surface area (Å²) in [4.78, 5) is 10.8. The van der Waals surface area contributed by atoms with Crippen LogP contribution >= 0.6 is 11.8 Å². The van der Waals surface area contributed by atoms with E-state index < -0.39 is 0 Å². The zero-order valence-electron chi connectivity index (χ0n) is 12.7. The molecule has 0 radical (unpaired) electrons. The minimum Gasteiger partial charge on any atom is -0.466 e. The largest absolute Gasteiger partial charge is 0.466 e. The van der Waals surface area contributed by atoms with Crippen LogP contribution < -0.4 is 0 Å². The maximum Gasteiger partial charge on any atom is 0.330 e. The van der Waals surface area contributed by atoms with E-state index in [9.17, 15) is 4.79 Å². The molecule has 0 aromatic heterocycles. The van der Waals surface area contributed by atoms with Gasteiger partial charge in [-0.25, -0.2) is 4.79 Å². The number of carbonyl (C=O) groups excluding carboxylic acids is 1. The molecule has 0 aromatic carbocycles. The Morgan fingerprint density at radius 3 is 2.00 bits per heavy atom. The lowest BCUT2D eigenvalue weighted by Crippen LogP contribution is -1.92. The van der Waals surface area contributed by atoms with Crippen LogP contribution in [0.4, 0.5) is 0 Å². The molecule has 0 amide bonds. The molecular weight excluding hydrogens is 256 g/mol. The van der Waals surface area contributed by atoms with Gasteiger partial charge in [0.25, 0.3) is 0 Å². The van der Waals surface area contributed by atoms with E-state index in [-0.39, 0.29) is 5.97 Å². The van der Waals surface area contributed by atoms with Gasteiger partial charge in [0, 0.05) is 6.08 Å². The Morgan fingerprint density at radius 1 is 0.947 bits per heavy atom. The Balaban J connectivity index is 3.07. The molecule has 0 fully saturated rings. The Bertz CT molecular complexity index is 227. The number of esters is 1. The first-order valence-electron chi connectivity index (χ1n) is 7.67. The van der Waals surface area contributed by atoms with Crippen LogP contribution in [-0.2, 0) is 9.53 Å². The quantitative estimate of drug-likeness (QED) is 0.260. The normalized spacial score (nSPS) is 11.1. The van der Waals surface area contributed by atoms with E-state index in [2.05, 4.69) is 11.7 Å². The van der Waals surface area contributed by atoms with Crippen molar-refractivity contribution in [3.8, 4) is 0 Å². The molecule has 0 aliphatic heterocycles. The molecule has 0 saturated heterocycles. The number of hydrogen-bond donors (Lipinski definition) is 0. The second-order valence-corrected chi connectivity index (χ2v) is 5.89. The molecule has 0 N–H and O–H groups in total. The number of hydrogen-bond acceptors (Lipinski definition) is 3. The first-order valence-corrected chi connectivity index (χ1v) is 8.72. The average molecular weight is 286 g/mol. The lowest BCUT2D eigenvalue weighted by Gasteiger charge is -2.01. The third-order valence-electron chi connectivity index (χ3n) is 3.12. The molecule has 3 heteroatoms. The highest BCUT2D eigenvalue weighted by atomic mass is 32.2. The maximum absolute atomic E-state index is 10.8. The van der Waals surface area contributed by atoms with Gasteiger partial charge in [0.15, 0.2) is 0 Å². The molecule has 0 saturated carbocycles. The van der Waals surface area contributed by atoms with E-state index in [0.29, 0.717) is 0 Å². The van der Waals surface area contributed by atoms with Gasteiger partial charge in [0.05, 0.1) is 7.11 Å². The lowest BCUT2D eigenvalue weighted by molar-refractivity contribution is -0.134. The van der Waals surface area contributed by atoms with Crippen molar-refractivity contribution in [3.63, 3.8) is 0 Å². The summed E-state index contributed by atoms with van der Waals surface area (Å²) in [5.74, 6) is 0.833. The van der Waals surface area contributed by atoms with Crippen molar-refractivity contribution in [1.82, 2.24) is 0 Å². The van der Waals surface area contributed by atoms with Crippen LogP contribution in [-0.4, -0.2) is 18.8 Å². The molecular formula is C16H30O2S. The van der Waals surface area contributed by atoms with Crippen molar-refractivity contribution in [3.05, 3.63) is 11.5 Å². The summed E-state index contributed by atoms with van der Waals surface area (Å²) in [6.45, 7) is 2.26. The smallest absolute Gasteiger partial charge is 0.330 e. The van der Waals surface area contributed by atoms with Crippen molar-refractivity contribution < 1.29 is 9.53 Å². The summed E-state index contributed by atoms with van der Waals surface area (Å²) in [5, 5.41) is 1.83. The van der Waals surface area contributed by atoms with Crippen molar-refractivity contribution in [1.29, 1.82) is 0 Å². The number of unbranched alkanes of at least 4 members (excludes halogenated alkanes) is 9. The highest BCUT2D eigenvalue weighted by Gasteiger charge is 1.93. The summed E-state index contributed by atoms with van der Waals surface area (Å²) in [6, 6.07) is 0. The molecule has 0 rings (SSSR count). The molecule has 0 spiro atoms. The van der Waals surface area contributed by atoms with Gasteiger partial charge in [-0.05, 0) is 17.6 Å². The second kappa shape index (κ2) is 15.6. The summed E-state index contributed by atoms with van der Waals surface area (Å²) >= 11 is 1.69. The Hall–Kier alpha value is -0.440. The van der Waals surface area contributed by atoms with Gasteiger partial charge in [0.2, 0.25) is 0 Å². The molecule has 0 unspecified atom stereocenters. The number of methoxy groups -OCH3 is 1. The van der Waals surface area contributed by atoms with Crippen molar-refractivity contribution in [2.45, 2.75) is 71.1 Å². The predicted octanol–water partition coefficient (Wildman–Crippen LogP) is 5.33. The van der Waals surface area contributed by atoms with Crippen molar-refractivity contribution >= 4 is 17.7 Å². The minimum atomic E-state index is -0.268. The van der Waals surface area contributed by atoms with Crippen molar-refractivity contribution in [2.75, 3.05) is 12.9 Å². The van der Waals surface area contributed by atoms with Crippen LogP contribution in [0.5, 0.6) is 0 Å². The molecule has 0 aliphatic rings. The van der Waals surface area contributed by atoms with E-state index in [1.807, 2.05) is 5.41 Å². The molecule has 0 bridgehead atoms. The summed E-state index contributed by atoms with van der Waals surface area (Å²) < 4.78 is 4.52. The van der Waals surface area contributed by atoms with E-state index in [1.165, 1.54) is 77.4 Å². The third-order valence-corrected chi connectivity index (χ3v) is 3.97. The van der Waals surface area contributed by atoms with E-state index >= 15 is 0 Å². The number of carbonyl (C=O) groups is 1. The SMILES string of the molecule is CCCCCCCCCCCCSC=CC(=O)OC. The first kappa shape index (κ1) is 18.6. The molecule has 0 atom stereocenters. The molecule has 112 valence electrons. The topological polar surface area (TPSA) is 26.3 Å². The van der Waals surface area contributed by atoms with E-state index in [4.69, 9.17) is 0 Å². The fourth-order valence-corrected chi connectivity index (χ4v) is 2.63. The summed E-state index contributed by atoms with van der Waals surface area (Å²) in [6.07, 6.45) is 15.2. The van der Waals surface area contributed by atoms with Crippen LogP contribution in [0.3, 0.4) is 0 Å². The fourth-order valence-electron chi connectivity index (χ4n) is 1.91. The molecule has 2 nitrogen and oxygen atoms in total. The van der Waals surface area contributed by atoms with E-state index in [1.54, 1.807) is 11.8 Å². The Kier molecular flexibility index (Phi) is 15.3. The van der Waals surface area contributed by atoms with Crippen LogP contribution in [0.1, 0.15) is 71.1 Å². The van der Waals surface area contributed by atoms with Gasteiger partial charge >= 0.3 is 5.97 Å². The Morgan fingerprint density at radius 2 is 1.47 bits per heavy atom. The molecule has 0 heterocycles. The monoisotopic (exact) mass is 286 g/mol. The van der Waals surface area contributed by atoms with Crippen LogP contribution in [0.25, 0.3) is 0 Å². The van der Waals surface area contributed by atoms with Gasteiger partial charge < -0.3 is 4.74 Å². The maximum atomic E-state index is 10.8. The van der Waals surface area contributed by atoms with Gasteiger partial charge in [0.1, 0.15) is 0 Å². The predicted molar refractivity (Wildman–Crippen MR) is 85.5 cm³/mol. The lowest BCUT2D eigenvalue weighted by atomic mass is 10.1. The van der Waals surface area contributed by atoms with Crippen LogP contribution in [0.2, 0.25) is 0 Å². The van der Waals surface area contributed by atoms with Crippen LogP contribution in [0, 0.1) is 0 Å². The third kappa shape index (κ3) is 15.5. The zero-order valence-corrected chi connectivity index (χ0v) is 13.5. The molecule has 19 heavy (non-hydrogen) atoms. The fraction of sp³-hybridized carbons (Fsp3) is 0.812. The highest BCUT2D eigenvalue weighted by Crippen LogP contribution is 2.12. The van der Waals surface area contributed by atoms with Gasteiger partial charge in [-0.2, -0.15) is 0 Å². The minimum absolute atomic E-state index is 0.268. The van der Waals surface area contributed by atoms with Crippen molar-refractivity contribution in [2.24, 2.45) is 0 Å².